The molecule has 1 heterocycles. The van der Waals surface area contributed by atoms with Crippen LogP contribution in [0.1, 0.15) is 24.3 Å². The van der Waals surface area contributed by atoms with Crippen LogP contribution in [0.5, 0.6) is 0 Å². The smallest absolute Gasteiger partial charge is 0.131 e. The van der Waals surface area contributed by atoms with E-state index < -0.39 is 0 Å². The highest BCUT2D eigenvalue weighted by molar-refractivity contribution is 5.64. The van der Waals surface area contributed by atoms with E-state index in [9.17, 15) is 4.39 Å². The third-order valence-electron chi connectivity index (χ3n) is 3.89. The molecule has 19 heavy (non-hydrogen) atoms. The Hall–Kier alpha value is -1.67. The molecule has 0 unspecified atom stereocenters. The molecule has 0 atom stereocenters. The molecule has 2 aromatic carbocycles. The molecule has 98 valence electrons. The second-order valence-corrected chi connectivity index (χ2v) is 5.13. The van der Waals surface area contributed by atoms with Gasteiger partial charge in [-0.05, 0) is 49.0 Å². The van der Waals surface area contributed by atoms with Crippen LogP contribution >= 0.6 is 0 Å². The van der Waals surface area contributed by atoms with Crippen molar-refractivity contribution < 1.29 is 4.39 Å². The van der Waals surface area contributed by atoms with Gasteiger partial charge in [0.1, 0.15) is 5.82 Å². The van der Waals surface area contributed by atoms with E-state index in [1.54, 1.807) is 6.07 Å². The molecule has 2 aromatic rings. The molecule has 0 bridgehead atoms. The monoisotopic (exact) mass is 255 g/mol. The normalized spacial score (nSPS) is 16.5. The predicted octanol–water partition coefficient (Wildman–Crippen LogP) is 3.96. The van der Waals surface area contributed by atoms with Crippen molar-refractivity contribution in [3.8, 4) is 11.1 Å². The molecule has 0 spiro atoms. The van der Waals surface area contributed by atoms with Gasteiger partial charge in [0.05, 0.1) is 0 Å². The van der Waals surface area contributed by atoms with E-state index in [4.69, 9.17) is 0 Å². The maximum absolute atomic E-state index is 14.3. The number of rotatable bonds is 2. The quantitative estimate of drug-likeness (QED) is 0.856. The highest BCUT2D eigenvalue weighted by Crippen LogP contribution is 2.29. The summed E-state index contributed by atoms with van der Waals surface area (Å²) in [7, 11) is 0. The fourth-order valence-electron chi connectivity index (χ4n) is 2.79. The highest BCUT2D eigenvalue weighted by Gasteiger charge is 2.16. The van der Waals surface area contributed by atoms with Gasteiger partial charge in [-0.25, -0.2) is 4.39 Å². The summed E-state index contributed by atoms with van der Waals surface area (Å²) < 4.78 is 14.3. The second-order valence-electron chi connectivity index (χ2n) is 5.13. The molecule has 1 nitrogen and oxygen atoms in total. The van der Waals surface area contributed by atoms with E-state index in [-0.39, 0.29) is 5.82 Å². The van der Waals surface area contributed by atoms with Crippen molar-refractivity contribution in [3.05, 3.63) is 59.9 Å². The van der Waals surface area contributed by atoms with Gasteiger partial charge >= 0.3 is 0 Å². The number of nitrogens with one attached hydrogen (secondary N) is 1. The lowest BCUT2D eigenvalue weighted by Crippen LogP contribution is -2.26. The lowest BCUT2D eigenvalue weighted by atomic mass is 9.89. The summed E-state index contributed by atoms with van der Waals surface area (Å²) in [6.07, 6.45) is 2.20. The maximum atomic E-state index is 14.3. The molecule has 0 radical (unpaired) electrons. The summed E-state index contributed by atoms with van der Waals surface area (Å²) >= 11 is 0. The van der Waals surface area contributed by atoms with Crippen LogP contribution in [-0.2, 0) is 0 Å². The Balaban J connectivity index is 1.89. The van der Waals surface area contributed by atoms with E-state index >= 15 is 0 Å². The molecule has 0 saturated carbocycles. The average molecular weight is 255 g/mol. The summed E-state index contributed by atoms with van der Waals surface area (Å²) in [6, 6.07) is 15.4. The van der Waals surface area contributed by atoms with Crippen molar-refractivity contribution >= 4 is 0 Å². The van der Waals surface area contributed by atoms with Crippen LogP contribution in [0.4, 0.5) is 4.39 Å². The first-order valence-electron chi connectivity index (χ1n) is 6.90. The zero-order valence-corrected chi connectivity index (χ0v) is 10.9. The first kappa shape index (κ1) is 12.4. The largest absolute Gasteiger partial charge is 0.317 e. The van der Waals surface area contributed by atoms with Gasteiger partial charge in [0, 0.05) is 5.56 Å². The molecule has 1 saturated heterocycles. The molecule has 0 aromatic heterocycles. The molecule has 1 N–H and O–H groups in total. The molecular formula is C17H18FN. The number of hydrogen-bond donors (Lipinski definition) is 1. The van der Waals surface area contributed by atoms with E-state index in [0.29, 0.717) is 11.5 Å². The zero-order chi connectivity index (χ0) is 13.1. The Kier molecular flexibility index (Phi) is 3.60. The summed E-state index contributed by atoms with van der Waals surface area (Å²) in [5.74, 6) is 0.391. The van der Waals surface area contributed by atoms with Crippen molar-refractivity contribution in [2.45, 2.75) is 18.8 Å². The van der Waals surface area contributed by atoms with Gasteiger partial charge in [0.25, 0.3) is 0 Å². The third-order valence-corrected chi connectivity index (χ3v) is 3.89. The number of piperidine rings is 1. The summed E-state index contributed by atoms with van der Waals surface area (Å²) in [5.41, 5.74) is 2.77. The van der Waals surface area contributed by atoms with Crippen LogP contribution in [0.25, 0.3) is 11.1 Å². The van der Waals surface area contributed by atoms with E-state index in [2.05, 4.69) is 11.4 Å². The first-order chi connectivity index (χ1) is 9.34. The minimum Gasteiger partial charge on any atom is -0.317 e. The Bertz CT molecular complexity index is 544. The van der Waals surface area contributed by atoms with Crippen LogP contribution in [-0.4, -0.2) is 13.1 Å². The standard InChI is InChI=1S/C17H18FN/c18-17-12-15(13-8-10-19-11-9-13)6-7-16(17)14-4-2-1-3-5-14/h1-7,12-13,19H,8-11H2. The molecular weight excluding hydrogens is 237 g/mol. The molecule has 0 amide bonds. The SMILES string of the molecule is Fc1cc(C2CCNCC2)ccc1-c1ccccc1. The topological polar surface area (TPSA) is 12.0 Å². The van der Waals surface area contributed by atoms with E-state index in [0.717, 1.165) is 37.1 Å². The fraction of sp³-hybridized carbons (Fsp3) is 0.294. The van der Waals surface area contributed by atoms with Crippen LogP contribution in [0.2, 0.25) is 0 Å². The van der Waals surface area contributed by atoms with Crippen LogP contribution in [0.15, 0.2) is 48.5 Å². The van der Waals surface area contributed by atoms with Crippen molar-refractivity contribution in [2.75, 3.05) is 13.1 Å². The Labute approximate surface area is 113 Å². The Morgan fingerprint density at radius 2 is 1.68 bits per heavy atom. The van der Waals surface area contributed by atoms with Crippen LogP contribution < -0.4 is 5.32 Å². The summed E-state index contributed by atoms with van der Waals surface area (Å²) in [6.45, 7) is 2.07. The van der Waals surface area contributed by atoms with Crippen LogP contribution in [0, 0.1) is 5.82 Å². The van der Waals surface area contributed by atoms with Crippen molar-refractivity contribution in [1.29, 1.82) is 0 Å². The van der Waals surface area contributed by atoms with Gasteiger partial charge in [0.2, 0.25) is 0 Å². The molecule has 0 aliphatic carbocycles. The third kappa shape index (κ3) is 2.69. The molecule has 1 fully saturated rings. The van der Waals surface area contributed by atoms with Gasteiger partial charge in [0.15, 0.2) is 0 Å². The lowest BCUT2D eigenvalue weighted by molar-refractivity contribution is 0.458. The molecule has 2 heteroatoms. The van der Waals surface area contributed by atoms with E-state index in [1.165, 1.54) is 0 Å². The average Bonchev–Trinajstić information content (AvgIpc) is 2.49. The Morgan fingerprint density at radius 3 is 2.37 bits per heavy atom. The molecule has 1 aliphatic rings. The molecule has 1 aliphatic heterocycles. The van der Waals surface area contributed by atoms with Crippen molar-refractivity contribution in [3.63, 3.8) is 0 Å². The predicted molar refractivity (Wildman–Crippen MR) is 76.7 cm³/mol. The minimum absolute atomic E-state index is 0.109. The minimum atomic E-state index is -0.109. The van der Waals surface area contributed by atoms with E-state index in [1.807, 2.05) is 36.4 Å². The van der Waals surface area contributed by atoms with Gasteiger partial charge in [-0.3, -0.25) is 0 Å². The molecule has 3 rings (SSSR count). The van der Waals surface area contributed by atoms with Gasteiger partial charge in [-0.1, -0.05) is 42.5 Å². The van der Waals surface area contributed by atoms with Gasteiger partial charge in [-0.2, -0.15) is 0 Å². The number of hydrogen-bond acceptors (Lipinski definition) is 1. The maximum Gasteiger partial charge on any atom is 0.131 e. The van der Waals surface area contributed by atoms with Crippen molar-refractivity contribution in [2.24, 2.45) is 0 Å². The highest BCUT2D eigenvalue weighted by atomic mass is 19.1. The van der Waals surface area contributed by atoms with Gasteiger partial charge < -0.3 is 5.32 Å². The lowest BCUT2D eigenvalue weighted by Gasteiger charge is -2.23. The first-order valence-corrected chi connectivity index (χ1v) is 6.90. The summed E-state index contributed by atoms with van der Waals surface area (Å²) in [4.78, 5) is 0. The number of benzene rings is 2. The second kappa shape index (κ2) is 5.54. The van der Waals surface area contributed by atoms with Gasteiger partial charge in [-0.15, -0.1) is 0 Å². The zero-order valence-electron chi connectivity index (χ0n) is 10.9. The Morgan fingerprint density at radius 1 is 0.947 bits per heavy atom. The summed E-state index contributed by atoms with van der Waals surface area (Å²) in [5, 5.41) is 3.34. The van der Waals surface area contributed by atoms with Crippen molar-refractivity contribution in [1.82, 2.24) is 5.32 Å². The fourth-order valence-corrected chi connectivity index (χ4v) is 2.79. The number of halogens is 1. The van der Waals surface area contributed by atoms with Crippen LogP contribution in [0.3, 0.4) is 0 Å².